The van der Waals surface area contributed by atoms with Gasteiger partial charge < -0.3 is 10.1 Å². The maximum absolute atomic E-state index is 13.1. The van der Waals surface area contributed by atoms with Crippen molar-refractivity contribution in [3.63, 3.8) is 0 Å². The van der Waals surface area contributed by atoms with Crippen LogP contribution in [0, 0.1) is 19.7 Å². The monoisotopic (exact) mass is 390 g/mol. The van der Waals surface area contributed by atoms with Crippen LogP contribution in [0.3, 0.4) is 0 Å². The van der Waals surface area contributed by atoms with Crippen LogP contribution in [0.4, 0.5) is 10.1 Å². The fourth-order valence-corrected chi connectivity index (χ4v) is 2.90. The average Bonchev–Trinajstić information content (AvgIpc) is 3.13. The molecule has 29 heavy (non-hydrogen) atoms. The first-order valence-electron chi connectivity index (χ1n) is 9.11. The first kappa shape index (κ1) is 18.6. The van der Waals surface area contributed by atoms with Crippen molar-refractivity contribution in [2.75, 3.05) is 11.9 Å². The summed E-state index contributed by atoms with van der Waals surface area (Å²) in [5, 5.41) is 11.6. The summed E-state index contributed by atoms with van der Waals surface area (Å²) in [7, 11) is 0. The molecule has 7 heteroatoms. The largest absolute Gasteiger partial charge is 0.483 e. The summed E-state index contributed by atoms with van der Waals surface area (Å²) < 4.78 is 18.7. The summed E-state index contributed by atoms with van der Waals surface area (Å²) in [5.74, 6) is 0.104. The predicted molar refractivity (Wildman–Crippen MR) is 109 cm³/mol. The van der Waals surface area contributed by atoms with Crippen LogP contribution in [0.25, 0.3) is 16.7 Å². The smallest absolute Gasteiger partial charge is 0.262 e. The van der Waals surface area contributed by atoms with E-state index in [4.69, 9.17) is 4.74 Å². The van der Waals surface area contributed by atoms with Gasteiger partial charge in [-0.2, -0.15) is 4.80 Å². The van der Waals surface area contributed by atoms with Crippen molar-refractivity contribution < 1.29 is 13.9 Å². The third-order valence-corrected chi connectivity index (χ3v) is 4.64. The number of carbonyl (C=O) groups is 1. The van der Waals surface area contributed by atoms with Crippen LogP contribution in [0.2, 0.25) is 0 Å². The molecule has 0 aliphatic carbocycles. The van der Waals surface area contributed by atoms with Gasteiger partial charge in [-0.3, -0.25) is 4.79 Å². The molecule has 0 unspecified atom stereocenters. The highest BCUT2D eigenvalue weighted by molar-refractivity contribution is 5.93. The van der Waals surface area contributed by atoms with E-state index in [1.807, 2.05) is 32.0 Å². The molecule has 6 nitrogen and oxygen atoms in total. The number of nitrogens with zero attached hydrogens (tertiary/aromatic N) is 3. The molecular weight excluding hydrogens is 371 g/mol. The third kappa shape index (κ3) is 4.08. The number of hydrogen-bond acceptors (Lipinski definition) is 4. The van der Waals surface area contributed by atoms with Crippen molar-refractivity contribution in [1.82, 2.24) is 15.0 Å². The molecule has 0 bridgehead atoms. The number of halogens is 1. The number of rotatable bonds is 5. The first-order chi connectivity index (χ1) is 14.0. The molecule has 0 radical (unpaired) electrons. The van der Waals surface area contributed by atoms with Crippen LogP contribution in [0.5, 0.6) is 5.75 Å². The average molecular weight is 390 g/mol. The van der Waals surface area contributed by atoms with E-state index in [9.17, 15) is 9.18 Å². The fraction of sp³-hybridized carbons (Fsp3) is 0.136. The number of anilines is 1. The minimum absolute atomic E-state index is 0.0927. The van der Waals surface area contributed by atoms with Gasteiger partial charge in [-0.15, -0.1) is 10.2 Å². The lowest BCUT2D eigenvalue weighted by atomic mass is 10.1. The quantitative estimate of drug-likeness (QED) is 0.555. The molecule has 1 N–H and O–H groups in total. The van der Waals surface area contributed by atoms with Crippen molar-refractivity contribution in [3.8, 4) is 11.4 Å². The number of carbonyl (C=O) groups excluding carboxylic acids is 1. The van der Waals surface area contributed by atoms with Gasteiger partial charge in [0.2, 0.25) is 0 Å². The van der Waals surface area contributed by atoms with Crippen molar-refractivity contribution >= 4 is 22.6 Å². The highest BCUT2D eigenvalue weighted by Gasteiger charge is 2.09. The number of fused-ring (bicyclic) bond motifs is 1. The Morgan fingerprint density at radius 3 is 2.59 bits per heavy atom. The van der Waals surface area contributed by atoms with Gasteiger partial charge in [0, 0.05) is 5.69 Å². The second-order valence-electron chi connectivity index (χ2n) is 6.70. The number of aryl methyl sites for hydroxylation is 1. The van der Waals surface area contributed by atoms with E-state index in [1.54, 1.807) is 30.3 Å². The molecule has 4 rings (SSSR count). The van der Waals surface area contributed by atoms with Gasteiger partial charge in [-0.25, -0.2) is 4.39 Å². The van der Waals surface area contributed by atoms with E-state index in [1.165, 1.54) is 16.9 Å². The molecule has 3 aromatic carbocycles. The van der Waals surface area contributed by atoms with Gasteiger partial charge in [-0.05, 0) is 73.5 Å². The lowest BCUT2D eigenvalue weighted by Gasteiger charge is -2.11. The van der Waals surface area contributed by atoms with Crippen LogP contribution >= 0.6 is 0 Å². The van der Waals surface area contributed by atoms with Gasteiger partial charge in [0.25, 0.3) is 5.91 Å². The molecule has 0 aliphatic rings. The van der Waals surface area contributed by atoms with E-state index in [-0.39, 0.29) is 18.3 Å². The molecule has 4 aromatic rings. The van der Waals surface area contributed by atoms with Crippen LogP contribution in [0.15, 0.2) is 60.7 Å². The van der Waals surface area contributed by atoms with Gasteiger partial charge in [0.15, 0.2) is 6.61 Å². The second-order valence-corrected chi connectivity index (χ2v) is 6.70. The number of nitrogens with one attached hydrogen (secondary N) is 1. The molecule has 1 aromatic heterocycles. The van der Waals surface area contributed by atoms with E-state index in [0.717, 1.165) is 11.1 Å². The Hall–Kier alpha value is -3.74. The van der Waals surface area contributed by atoms with E-state index in [0.29, 0.717) is 28.2 Å². The summed E-state index contributed by atoms with van der Waals surface area (Å²) in [5.41, 5.74) is 4.64. The zero-order chi connectivity index (χ0) is 20.4. The number of ether oxygens (including phenoxy) is 1. The Morgan fingerprint density at radius 1 is 1.03 bits per heavy atom. The molecule has 146 valence electrons. The summed E-state index contributed by atoms with van der Waals surface area (Å²) in [6, 6.07) is 16.9. The lowest BCUT2D eigenvalue weighted by molar-refractivity contribution is -0.118. The number of aromatic nitrogens is 3. The zero-order valence-corrected chi connectivity index (χ0v) is 16.0. The third-order valence-electron chi connectivity index (χ3n) is 4.64. The minimum atomic E-state index is -0.321. The molecule has 0 fully saturated rings. The van der Waals surface area contributed by atoms with Gasteiger partial charge in [0.05, 0.1) is 5.69 Å². The van der Waals surface area contributed by atoms with E-state index in [2.05, 4.69) is 15.5 Å². The lowest BCUT2D eigenvalue weighted by Crippen LogP contribution is -2.20. The summed E-state index contributed by atoms with van der Waals surface area (Å²) in [6.07, 6.45) is 0. The highest BCUT2D eigenvalue weighted by atomic mass is 19.1. The molecule has 0 aliphatic heterocycles. The maximum atomic E-state index is 13.1. The Morgan fingerprint density at radius 2 is 1.79 bits per heavy atom. The Kier molecular flexibility index (Phi) is 4.95. The summed E-state index contributed by atoms with van der Waals surface area (Å²) in [6.45, 7) is 3.86. The van der Waals surface area contributed by atoms with Crippen molar-refractivity contribution in [3.05, 3.63) is 77.6 Å². The van der Waals surface area contributed by atoms with Crippen LogP contribution < -0.4 is 10.1 Å². The van der Waals surface area contributed by atoms with E-state index < -0.39 is 0 Å². The molecule has 0 spiro atoms. The SMILES string of the molecule is Cc1cccc(OCC(=O)Nc2ccc3nn(-c4ccc(F)cc4)nc3c2)c1C. The van der Waals surface area contributed by atoms with Crippen LogP contribution in [-0.2, 0) is 4.79 Å². The minimum Gasteiger partial charge on any atom is -0.483 e. The van der Waals surface area contributed by atoms with Gasteiger partial charge in [-0.1, -0.05) is 12.1 Å². The van der Waals surface area contributed by atoms with Crippen molar-refractivity contribution in [1.29, 1.82) is 0 Å². The second kappa shape index (κ2) is 7.71. The summed E-state index contributed by atoms with van der Waals surface area (Å²) >= 11 is 0. The number of amides is 1. The standard InChI is InChI=1S/C22H19FN4O2/c1-14-4-3-5-21(15(14)2)29-13-22(28)24-17-8-11-19-20(12-17)26-27(25-19)18-9-6-16(23)7-10-18/h3-12H,13H2,1-2H3,(H,24,28). The van der Waals surface area contributed by atoms with Gasteiger partial charge in [0.1, 0.15) is 22.6 Å². The number of hydrogen-bond donors (Lipinski definition) is 1. The first-order valence-corrected chi connectivity index (χ1v) is 9.11. The Balaban J connectivity index is 1.46. The van der Waals surface area contributed by atoms with Crippen LogP contribution in [0.1, 0.15) is 11.1 Å². The number of benzene rings is 3. The van der Waals surface area contributed by atoms with Crippen LogP contribution in [-0.4, -0.2) is 27.5 Å². The van der Waals surface area contributed by atoms with Gasteiger partial charge >= 0.3 is 0 Å². The molecule has 1 heterocycles. The molecule has 0 atom stereocenters. The Bertz CT molecular complexity index is 1190. The molecular formula is C22H19FN4O2. The van der Waals surface area contributed by atoms with E-state index >= 15 is 0 Å². The maximum Gasteiger partial charge on any atom is 0.262 e. The summed E-state index contributed by atoms with van der Waals surface area (Å²) in [4.78, 5) is 13.7. The zero-order valence-electron chi connectivity index (χ0n) is 16.0. The Labute approximate surface area is 166 Å². The normalized spacial score (nSPS) is 10.9. The predicted octanol–water partition coefficient (Wildman–Crippen LogP) is 4.19. The fourth-order valence-electron chi connectivity index (χ4n) is 2.90. The topological polar surface area (TPSA) is 69.0 Å². The van der Waals surface area contributed by atoms with Crippen molar-refractivity contribution in [2.24, 2.45) is 0 Å². The molecule has 0 saturated carbocycles. The molecule has 0 saturated heterocycles. The highest BCUT2D eigenvalue weighted by Crippen LogP contribution is 2.21. The van der Waals surface area contributed by atoms with Crippen molar-refractivity contribution in [2.45, 2.75) is 13.8 Å². The molecule has 1 amide bonds.